The van der Waals surface area contributed by atoms with Gasteiger partial charge in [-0.25, -0.2) is 4.99 Å². The Labute approximate surface area is 184 Å². The second-order valence-corrected chi connectivity index (χ2v) is 6.22. The Balaban J connectivity index is 0.00000392. The average molecular weight is 502 g/mol. The van der Waals surface area contributed by atoms with Gasteiger partial charge in [0.15, 0.2) is 11.8 Å². The van der Waals surface area contributed by atoms with Crippen molar-refractivity contribution in [3.8, 4) is 5.75 Å². The first-order valence-corrected chi connectivity index (χ1v) is 9.13. The van der Waals surface area contributed by atoms with E-state index in [1.165, 1.54) is 0 Å². The fourth-order valence-corrected chi connectivity index (χ4v) is 2.39. The molecule has 0 amide bonds. The van der Waals surface area contributed by atoms with Gasteiger partial charge < -0.3 is 24.3 Å². The number of aryl methyl sites for hydroxylation is 1. The van der Waals surface area contributed by atoms with Crippen LogP contribution < -0.4 is 10.1 Å². The van der Waals surface area contributed by atoms with Crippen LogP contribution >= 0.6 is 24.0 Å². The van der Waals surface area contributed by atoms with Crippen LogP contribution in [-0.2, 0) is 18.3 Å². The molecule has 0 spiro atoms. The van der Waals surface area contributed by atoms with Gasteiger partial charge in [-0.15, -0.1) is 34.2 Å². The van der Waals surface area contributed by atoms with Crippen molar-refractivity contribution in [2.75, 3.05) is 40.5 Å². The molecule has 0 aliphatic carbocycles. The zero-order valence-electron chi connectivity index (χ0n) is 17.1. The van der Waals surface area contributed by atoms with Crippen molar-refractivity contribution in [1.82, 2.24) is 25.0 Å². The van der Waals surface area contributed by atoms with Gasteiger partial charge in [-0.3, -0.25) is 0 Å². The number of nitrogens with zero attached hydrogens (tertiary/aromatic N) is 5. The number of hydrogen-bond acceptors (Lipinski definition) is 5. The molecule has 0 atom stereocenters. The highest BCUT2D eigenvalue weighted by Crippen LogP contribution is 2.08. The van der Waals surface area contributed by atoms with Gasteiger partial charge in [0.2, 0.25) is 0 Å². The second-order valence-electron chi connectivity index (χ2n) is 6.22. The molecule has 1 aromatic heterocycles. The molecule has 0 fully saturated rings. The molecule has 1 heterocycles. The molecule has 28 heavy (non-hydrogen) atoms. The van der Waals surface area contributed by atoms with Crippen molar-refractivity contribution in [3.63, 3.8) is 0 Å². The van der Waals surface area contributed by atoms with E-state index in [0.717, 1.165) is 36.3 Å². The van der Waals surface area contributed by atoms with Crippen LogP contribution in [0.15, 0.2) is 35.3 Å². The van der Waals surface area contributed by atoms with Gasteiger partial charge in [0.05, 0.1) is 6.54 Å². The summed E-state index contributed by atoms with van der Waals surface area (Å²) in [6.45, 7) is 5.17. The Bertz CT molecular complexity index is 708. The molecule has 0 aliphatic rings. The molecule has 0 unspecified atom stereocenters. The van der Waals surface area contributed by atoms with Crippen LogP contribution in [-0.4, -0.2) is 66.1 Å². The van der Waals surface area contributed by atoms with E-state index < -0.39 is 0 Å². The van der Waals surface area contributed by atoms with Gasteiger partial charge in [0, 0.05) is 34.4 Å². The van der Waals surface area contributed by atoms with Gasteiger partial charge in [-0.2, -0.15) is 0 Å². The lowest BCUT2D eigenvalue weighted by atomic mass is 10.3. The first-order chi connectivity index (χ1) is 13.1. The minimum absolute atomic E-state index is 0. The second kappa shape index (κ2) is 13.3. The van der Waals surface area contributed by atoms with Crippen molar-refractivity contribution in [2.24, 2.45) is 12.0 Å². The quantitative estimate of drug-likeness (QED) is 0.233. The highest BCUT2D eigenvalue weighted by atomic mass is 127. The number of aromatic nitrogens is 3. The van der Waals surface area contributed by atoms with Crippen LogP contribution in [0.5, 0.6) is 5.75 Å². The molecule has 0 bridgehead atoms. The minimum atomic E-state index is 0. The third-order valence-electron chi connectivity index (χ3n) is 4.16. The van der Waals surface area contributed by atoms with Gasteiger partial charge in [0.1, 0.15) is 24.7 Å². The zero-order chi connectivity index (χ0) is 19.5. The van der Waals surface area contributed by atoms with E-state index >= 15 is 0 Å². The van der Waals surface area contributed by atoms with E-state index in [9.17, 15) is 0 Å². The van der Waals surface area contributed by atoms with Crippen LogP contribution in [0.2, 0.25) is 0 Å². The Morgan fingerprint density at radius 1 is 1.21 bits per heavy atom. The molecule has 9 heteroatoms. The lowest BCUT2D eigenvalue weighted by Gasteiger charge is -2.22. The Morgan fingerprint density at radius 2 is 1.96 bits per heavy atom. The SMILES string of the molecule is COCCCNC(=NCc1nnc(C)n1C)N(C)CCOc1ccccc1.I. The predicted octanol–water partition coefficient (Wildman–Crippen LogP) is 2.23. The number of aliphatic imine (C=N–C) groups is 1. The summed E-state index contributed by atoms with van der Waals surface area (Å²) in [6, 6.07) is 9.81. The van der Waals surface area contributed by atoms with E-state index in [1.54, 1.807) is 7.11 Å². The van der Waals surface area contributed by atoms with E-state index in [2.05, 4.69) is 20.4 Å². The Hall–Kier alpha value is -1.88. The molecular weight excluding hydrogens is 471 g/mol. The smallest absolute Gasteiger partial charge is 0.194 e. The van der Waals surface area contributed by atoms with Gasteiger partial charge in [-0.05, 0) is 25.5 Å². The predicted molar refractivity (Wildman–Crippen MR) is 121 cm³/mol. The summed E-state index contributed by atoms with van der Waals surface area (Å²) in [4.78, 5) is 6.76. The number of methoxy groups -OCH3 is 1. The molecule has 0 radical (unpaired) electrons. The number of nitrogens with one attached hydrogen (secondary N) is 1. The molecule has 8 nitrogen and oxygen atoms in total. The van der Waals surface area contributed by atoms with Crippen LogP contribution in [0.25, 0.3) is 0 Å². The summed E-state index contributed by atoms with van der Waals surface area (Å²) >= 11 is 0. The highest BCUT2D eigenvalue weighted by molar-refractivity contribution is 14.0. The molecule has 2 rings (SSSR count). The summed E-state index contributed by atoms with van der Waals surface area (Å²) in [7, 11) is 5.65. The van der Waals surface area contributed by atoms with E-state index in [-0.39, 0.29) is 24.0 Å². The number of ether oxygens (including phenoxy) is 2. The van der Waals surface area contributed by atoms with Crippen molar-refractivity contribution < 1.29 is 9.47 Å². The first kappa shape index (κ1) is 24.2. The molecule has 0 aliphatic heterocycles. The van der Waals surface area contributed by atoms with Crippen molar-refractivity contribution in [3.05, 3.63) is 42.0 Å². The number of guanidine groups is 1. The highest BCUT2D eigenvalue weighted by Gasteiger charge is 2.09. The lowest BCUT2D eigenvalue weighted by molar-refractivity contribution is 0.195. The molecular formula is C19H31IN6O2. The van der Waals surface area contributed by atoms with Crippen molar-refractivity contribution in [2.45, 2.75) is 19.9 Å². The summed E-state index contributed by atoms with van der Waals surface area (Å²) in [6.07, 6.45) is 0.910. The zero-order valence-corrected chi connectivity index (χ0v) is 19.4. The third-order valence-corrected chi connectivity index (χ3v) is 4.16. The third kappa shape index (κ3) is 8.01. The normalized spacial score (nSPS) is 11.1. The standard InChI is InChI=1S/C19H30N6O2.HI/c1-16-22-23-18(25(16)3)15-21-19(20-11-8-13-26-4)24(2)12-14-27-17-9-6-5-7-10-17;/h5-7,9-10H,8,11-15H2,1-4H3,(H,20,21);1H. The van der Waals surface area contributed by atoms with E-state index in [1.807, 2.05) is 55.9 Å². The van der Waals surface area contributed by atoms with Crippen LogP contribution in [0.1, 0.15) is 18.1 Å². The molecule has 0 saturated heterocycles. The fourth-order valence-electron chi connectivity index (χ4n) is 2.39. The largest absolute Gasteiger partial charge is 0.492 e. The monoisotopic (exact) mass is 502 g/mol. The van der Waals surface area contributed by atoms with E-state index in [0.29, 0.717) is 26.3 Å². The number of rotatable bonds is 10. The maximum Gasteiger partial charge on any atom is 0.194 e. The van der Waals surface area contributed by atoms with Crippen molar-refractivity contribution >= 4 is 29.9 Å². The van der Waals surface area contributed by atoms with Crippen molar-refractivity contribution in [1.29, 1.82) is 0 Å². The van der Waals surface area contributed by atoms with Crippen LogP contribution in [0.4, 0.5) is 0 Å². The summed E-state index contributed by atoms with van der Waals surface area (Å²) < 4.78 is 12.8. The van der Waals surface area contributed by atoms with Gasteiger partial charge in [-0.1, -0.05) is 18.2 Å². The average Bonchev–Trinajstić information content (AvgIpc) is 3.00. The lowest BCUT2D eigenvalue weighted by Crippen LogP contribution is -2.41. The molecule has 1 aromatic carbocycles. The van der Waals surface area contributed by atoms with Crippen LogP contribution in [0, 0.1) is 6.92 Å². The first-order valence-electron chi connectivity index (χ1n) is 9.13. The maximum absolute atomic E-state index is 5.78. The Kier molecular flexibility index (Phi) is 11.5. The number of hydrogen-bond donors (Lipinski definition) is 1. The number of halogens is 1. The summed E-state index contributed by atoms with van der Waals surface area (Å²) in [5.74, 6) is 3.38. The molecule has 2 aromatic rings. The molecule has 0 saturated carbocycles. The van der Waals surface area contributed by atoms with Gasteiger partial charge in [0.25, 0.3) is 0 Å². The number of para-hydroxylation sites is 1. The maximum atomic E-state index is 5.78. The van der Waals surface area contributed by atoms with Crippen LogP contribution in [0.3, 0.4) is 0 Å². The number of likely N-dealkylation sites (N-methyl/N-ethyl adjacent to an activating group) is 1. The topological polar surface area (TPSA) is 76.8 Å². The molecule has 1 N–H and O–H groups in total. The summed E-state index contributed by atoms with van der Waals surface area (Å²) in [5.41, 5.74) is 0. The minimum Gasteiger partial charge on any atom is -0.492 e. The van der Waals surface area contributed by atoms with E-state index in [4.69, 9.17) is 14.5 Å². The number of benzene rings is 1. The van der Waals surface area contributed by atoms with Gasteiger partial charge >= 0.3 is 0 Å². The molecule has 156 valence electrons. The fraction of sp³-hybridized carbons (Fsp3) is 0.526. The Morgan fingerprint density at radius 3 is 2.61 bits per heavy atom. The summed E-state index contributed by atoms with van der Waals surface area (Å²) in [5, 5.41) is 11.6.